The molecule has 0 radical (unpaired) electrons. The van der Waals surface area contributed by atoms with E-state index in [0.29, 0.717) is 23.3 Å². The van der Waals surface area contributed by atoms with E-state index in [4.69, 9.17) is 18.6 Å². The maximum atomic E-state index is 12.9. The lowest BCUT2D eigenvalue weighted by Gasteiger charge is -2.16. The summed E-state index contributed by atoms with van der Waals surface area (Å²) in [6, 6.07) is 13.7. The van der Waals surface area contributed by atoms with Gasteiger partial charge in [0.15, 0.2) is 17.1 Å². The first-order valence-electron chi connectivity index (χ1n) is 11.7. The number of hydrogen-bond donors (Lipinski definition) is 0. The summed E-state index contributed by atoms with van der Waals surface area (Å²) < 4.78 is 22.9. The second-order valence-electron chi connectivity index (χ2n) is 8.78. The standard InChI is InChI=1S/C29H32O6/c1-19(2)11-9-12-21(5)17-18-32-24-16-10-15-23-25(24)34-29(31)27(26(23)33-20(3)4)35-28(30)22-13-7-6-8-14-22/h6-8,10-11,13-17,20H,9,12,18H2,1-5H3/b21-17+. The molecule has 0 aliphatic heterocycles. The van der Waals surface area contributed by atoms with Crippen LogP contribution in [0, 0.1) is 0 Å². The fourth-order valence-corrected chi connectivity index (χ4v) is 3.40. The molecule has 0 spiro atoms. The number of para-hydroxylation sites is 1. The van der Waals surface area contributed by atoms with Crippen LogP contribution >= 0.6 is 0 Å². The highest BCUT2D eigenvalue weighted by Crippen LogP contribution is 2.37. The summed E-state index contributed by atoms with van der Waals surface area (Å²) in [5, 5.41) is 0.482. The van der Waals surface area contributed by atoms with Crippen LogP contribution in [0.5, 0.6) is 17.2 Å². The number of allylic oxidation sites excluding steroid dienone is 3. The number of carbonyl (C=O) groups excluding carboxylic acids is 1. The minimum Gasteiger partial charge on any atom is -0.486 e. The molecule has 0 N–H and O–H groups in total. The van der Waals surface area contributed by atoms with Gasteiger partial charge in [0.25, 0.3) is 5.75 Å². The number of benzene rings is 2. The number of hydrogen-bond acceptors (Lipinski definition) is 6. The lowest BCUT2D eigenvalue weighted by molar-refractivity contribution is 0.0718. The molecule has 0 unspecified atom stereocenters. The van der Waals surface area contributed by atoms with E-state index < -0.39 is 11.6 Å². The fourth-order valence-electron chi connectivity index (χ4n) is 3.40. The molecule has 0 fully saturated rings. The second-order valence-corrected chi connectivity index (χ2v) is 8.78. The molecule has 0 amide bonds. The zero-order chi connectivity index (χ0) is 25.4. The largest absolute Gasteiger partial charge is 0.486 e. The molecule has 0 aliphatic carbocycles. The lowest BCUT2D eigenvalue weighted by Crippen LogP contribution is -2.18. The molecular weight excluding hydrogens is 444 g/mol. The van der Waals surface area contributed by atoms with E-state index in [-0.39, 0.29) is 23.2 Å². The van der Waals surface area contributed by atoms with E-state index in [1.165, 1.54) is 11.1 Å². The van der Waals surface area contributed by atoms with Crippen molar-refractivity contribution in [2.24, 2.45) is 0 Å². The van der Waals surface area contributed by atoms with Gasteiger partial charge in [-0.05, 0) is 77.8 Å². The molecule has 6 heteroatoms. The van der Waals surface area contributed by atoms with Gasteiger partial charge in [-0.2, -0.15) is 0 Å². The monoisotopic (exact) mass is 476 g/mol. The SMILES string of the molecule is CC(C)=CCC/C(C)=C/COc1cccc2c(OC(C)C)c(OC(=O)c3ccccc3)c(=O)oc12. The Morgan fingerprint density at radius 2 is 1.71 bits per heavy atom. The first-order valence-corrected chi connectivity index (χ1v) is 11.7. The molecule has 1 heterocycles. The zero-order valence-corrected chi connectivity index (χ0v) is 20.9. The fraction of sp³-hybridized carbons (Fsp3) is 0.310. The Morgan fingerprint density at radius 1 is 0.971 bits per heavy atom. The highest BCUT2D eigenvalue weighted by molar-refractivity contribution is 5.94. The quantitative estimate of drug-likeness (QED) is 0.181. The molecule has 1 aromatic heterocycles. The van der Waals surface area contributed by atoms with Gasteiger partial charge in [0.05, 0.1) is 17.1 Å². The molecule has 0 saturated carbocycles. The van der Waals surface area contributed by atoms with Gasteiger partial charge in [0, 0.05) is 0 Å². The van der Waals surface area contributed by atoms with Crippen LogP contribution in [-0.4, -0.2) is 18.7 Å². The lowest BCUT2D eigenvalue weighted by atomic mass is 10.1. The Hall–Kier alpha value is -3.80. The molecule has 3 aromatic rings. The van der Waals surface area contributed by atoms with Gasteiger partial charge in [-0.1, -0.05) is 41.5 Å². The molecular formula is C29H32O6. The van der Waals surface area contributed by atoms with Gasteiger partial charge in [-0.3, -0.25) is 0 Å². The normalized spacial score (nSPS) is 11.4. The third-order valence-corrected chi connectivity index (χ3v) is 5.13. The Balaban J connectivity index is 1.91. The summed E-state index contributed by atoms with van der Waals surface area (Å²) in [6.45, 7) is 10.2. The summed E-state index contributed by atoms with van der Waals surface area (Å²) in [5.74, 6) is -0.406. The van der Waals surface area contributed by atoms with Gasteiger partial charge in [-0.25, -0.2) is 9.59 Å². The number of esters is 1. The zero-order valence-electron chi connectivity index (χ0n) is 20.9. The Bertz CT molecular complexity index is 1280. The summed E-state index contributed by atoms with van der Waals surface area (Å²) in [4.78, 5) is 25.5. The Labute approximate surface area is 205 Å². The molecule has 0 aliphatic rings. The Kier molecular flexibility index (Phi) is 8.90. The minimum absolute atomic E-state index is 0.148. The molecule has 2 aromatic carbocycles. The molecule has 3 rings (SSSR count). The van der Waals surface area contributed by atoms with Crippen molar-refractivity contribution < 1.29 is 23.4 Å². The van der Waals surface area contributed by atoms with Crippen molar-refractivity contribution in [3.63, 3.8) is 0 Å². The smallest absolute Gasteiger partial charge is 0.383 e. The molecule has 0 atom stereocenters. The van der Waals surface area contributed by atoms with Gasteiger partial charge in [0.1, 0.15) is 6.61 Å². The van der Waals surface area contributed by atoms with Crippen molar-refractivity contribution in [1.82, 2.24) is 0 Å². The summed E-state index contributed by atoms with van der Waals surface area (Å²) in [7, 11) is 0. The van der Waals surface area contributed by atoms with Crippen molar-refractivity contribution in [3.05, 3.63) is 87.8 Å². The highest BCUT2D eigenvalue weighted by atomic mass is 16.6. The van der Waals surface area contributed by atoms with Crippen LogP contribution in [-0.2, 0) is 0 Å². The molecule has 6 nitrogen and oxygen atoms in total. The van der Waals surface area contributed by atoms with Crippen molar-refractivity contribution in [2.45, 2.75) is 53.6 Å². The van der Waals surface area contributed by atoms with E-state index in [1.807, 2.05) is 19.9 Å². The van der Waals surface area contributed by atoms with Crippen LogP contribution in [0.2, 0.25) is 0 Å². The van der Waals surface area contributed by atoms with Crippen molar-refractivity contribution in [1.29, 1.82) is 0 Å². The predicted octanol–water partition coefficient (Wildman–Crippen LogP) is 6.87. The highest BCUT2D eigenvalue weighted by Gasteiger charge is 2.24. The van der Waals surface area contributed by atoms with E-state index in [2.05, 4.69) is 26.8 Å². The first-order chi connectivity index (χ1) is 16.8. The third-order valence-electron chi connectivity index (χ3n) is 5.13. The number of ether oxygens (including phenoxy) is 3. The summed E-state index contributed by atoms with van der Waals surface area (Å²) in [6.07, 6.45) is 5.87. The molecule has 35 heavy (non-hydrogen) atoms. The minimum atomic E-state index is -0.818. The van der Waals surface area contributed by atoms with Gasteiger partial charge in [-0.15, -0.1) is 0 Å². The van der Waals surface area contributed by atoms with Crippen molar-refractivity contribution >= 4 is 16.9 Å². The van der Waals surface area contributed by atoms with E-state index in [0.717, 1.165) is 12.8 Å². The van der Waals surface area contributed by atoms with Crippen LogP contribution in [0.25, 0.3) is 11.0 Å². The van der Waals surface area contributed by atoms with E-state index in [9.17, 15) is 9.59 Å². The van der Waals surface area contributed by atoms with Crippen LogP contribution < -0.4 is 19.8 Å². The summed E-state index contributed by atoms with van der Waals surface area (Å²) >= 11 is 0. The number of rotatable bonds is 10. The Morgan fingerprint density at radius 3 is 2.40 bits per heavy atom. The summed E-state index contributed by atoms with van der Waals surface area (Å²) in [5.41, 5.74) is 2.24. The molecule has 0 saturated heterocycles. The maximum Gasteiger partial charge on any atom is 0.383 e. The predicted molar refractivity (Wildman–Crippen MR) is 138 cm³/mol. The second kappa shape index (κ2) is 12.1. The average molecular weight is 477 g/mol. The van der Waals surface area contributed by atoms with Crippen LogP contribution in [0.15, 0.2) is 81.0 Å². The topological polar surface area (TPSA) is 75.0 Å². The van der Waals surface area contributed by atoms with Crippen molar-refractivity contribution in [3.8, 4) is 17.2 Å². The van der Waals surface area contributed by atoms with Crippen molar-refractivity contribution in [2.75, 3.05) is 6.61 Å². The molecule has 0 bridgehead atoms. The first kappa shape index (κ1) is 25.8. The van der Waals surface area contributed by atoms with Gasteiger partial charge < -0.3 is 18.6 Å². The third kappa shape index (κ3) is 7.09. The van der Waals surface area contributed by atoms with Crippen LogP contribution in [0.1, 0.15) is 57.8 Å². The average Bonchev–Trinajstić information content (AvgIpc) is 2.81. The number of carbonyl (C=O) groups is 1. The van der Waals surface area contributed by atoms with Crippen LogP contribution in [0.4, 0.5) is 0 Å². The van der Waals surface area contributed by atoms with Crippen LogP contribution in [0.3, 0.4) is 0 Å². The van der Waals surface area contributed by atoms with Gasteiger partial charge in [0.2, 0.25) is 0 Å². The van der Waals surface area contributed by atoms with E-state index >= 15 is 0 Å². The maximum absolute atomic E-state index is 12.9. The van der Waals surface area contributed by atoms with Gasteiger partial charge >= 0.3 is 11.6 Å². The van der Waals surface area contributed by atoms with E-state index in [1.54, 1.807) is 48.5 Å². The number of fused-ring (bicyclic) bond motifs is 1. The molecule has 184 valence electrons.